The van der Waals surface area contributed by atoms with E-state index in [-0.39, 0.29) is 31.7 Å². The fourth-order valence-electron chi connectivity index (χ4n) is 5.48. The minimum atomic E-state index is -0.603. The maximum absolute atomic E-state index is 13.9. The third kappa shape index (κ3) is 5.18. The van der Waals surface area contributed by atoms with Crippen LogP contribution >= 0.6 is 0 Å². The van der Waals surface area contributed by atoms with E-state index in [0.717, 1.165) is 16.8 Å². The number of carbonyl (C=O) groups excluding carboxylic acids is 2. The Hall–Kier alpha value is -3.98. The largest absolute Gasteiger partial charge is 0.493 e. The van der Waals surface area contributed by atoms with E-state index < -0.39 is 11.9 Å². The summed E-state index contributed by atoms with van der Waals surface area (Å²) in [7, 11) is 3.15. The van der Waals surface area contributed by atoms with Crippen LogP contribution in [-0.2, 0) is 19.1 Å². The van der Waals surface area contributed by atoms with Crippen LogP contribution in [0.25, 0.3) is 0 Å². The molecule has 5 rings (SSSR count). The number of benzene rings is 2. The second-order valence-electron chi connectivity index (χ2n) is 9.60. The molecule has 0 bridgehead atoms. The van der Waals surface area contributed by atoms with Crippen molar-refractivity contribution in [1.29, 1.82) is 0 Å². The highest BCUT2D eigenvalue weighted by Gasteiger charge is 2.42. The lowest BCUT2D eigenvalue weighted by atomic mass is 9.71. The molecule has 206 valence electrons. The first kappa shape index (κ1) is 26.6. The zero-order chi connectivity index (χ0) is 27.5. The summed E-state index contributed by atoms with van der Waals surface area (Å²) in [4.78, 5) is 27.2. The summed E-state index contributed by atoms with van der Waals surface area (Å²) in [6.07, 6.45) is 0.895. The normalized spacial score (nSPS) is 19.9. The van der Waals surface area contributed by atoms with Crippen molar-refractivity contribution in [2.75, 3.05) is 40.8 Å². The summed E-state index contributed by atoms with van der Waals surface area (Å²) in [6.45, 7) is 4.81. The Morgan fingerprint density at radius 1 is 1.00 bits per heavy atom. The van der Waals surface area contributed by atoms with Crippen LogP contribution in [0, 0.1) is 0 Å². The number of allylic oxidation sites excluding steroid dienone is 3. The number of nitrogens with one attached hydrogen (secondary N) is 1. The van der Waals surface area contributed by atoms with Crippen LogP contribution in [0.4, 0.5) is 0 Å². The molecule has 9 nitrogen and oxygen atoms in total. The van der Waals surface area contributed by atoms with Crippen LogP contribution in [0.15, 0.2) is 58.9 Å². The second kappa shape index (κ2) is 11.4. The average molecular weight is 536 g/mol. The molecule has 2 aromatic carbocycles. The number of esters is 1. The van der Waals surface area contributed by atoms with Crippen molar-refractivity contribution in [1.82, 2.24) is 5.32 Å². The molecule has 2 heterocycles. The lowest BCUT2D eigenvalue weighted by Gasteiger charge is -2.36. The number of ether oxygens (including phenoxy) is 6. The van der Waals surface area contributed by atoms with E-state index in [1.165, 1.54) is 0 Å². The molecule has 0 amide bonds. The van der Waals surface area contributed by atoms with Gasteiger partial charge in [-0.3, -0.25) is 4.79 Å². The van der Waals surface area contributed by atoms with E-state index >= 15 is 0 Å². The van der Waals surface area contributed by atoms with Gasteiger partial charge in [0.15, 0.2) is 28.8 Å². The van der Waals surface area contributed by atoms with Gasteiger partial charge in [0.2, 0.25) is 6.79 Å². The first-order valence-corrected chi connectivity index (χ1v) is 13.1. The van der Waals surface area contributed by atoms with Gasteiger partial charge in [0.05, 0.1) is 25.9 Å². The summed E-state index contributed by atoms with van der Waals surface area (Å²) in [5, 5.41) is 3.38. The average Bonchev–Trinajstić information content (AvgIpc) is 3.40. The maximum atomic E-state index is 13.9. The van der Waals surface area contributed by atoms with Crippen molar-refractivity contribution in [3.8, 4) is 23.0 Å². The van der Waals surface area contributed by atoms with E-state index in [2.05, 4.69) is 5.32 Å². The third-order valence-electron chi connectivity index (χ3n) is 7.26. The maximum Gasteiger partial charge on any atom is 0.336 e. The number of hydrogen-bond acceptors (Lipinski definition) is 9. The number of dihydropyridines is 1. The zero-order valence-corrected chi connectivity index (χ0v) is 22.6. The summed E-state index contributed by atoms with van der Waals surface area (Å²) >= 11 is 0. The van der Waals surface area contributed by atoms with Gasteiger partial charge < -0.3 is 33.7 Å². The Morgan fingerprint density at radius 3 is 2.56 bits per heavy atom. The smallest absolute Gasteiger partial charge is 0.336 e. The lowest BCUT2D eigenvalue weighted by Crippen LogP contribution is -2.36. The van der Waals surface area contributed by atoms with Gasteiger partial charge >= 0.3 is 5.97 Å². The molecule has 9 heteroatoms. The Balaban J connectivity index is 1.52. The molecule has 0 fully saturated rings. The van der Waals surface area contributed by atoms with Crippen LogP contribution in [0.2, 0.25) is 0 Å². The third-order valence-corrected chi connectivity index (χ3v) is 7.26. The van der Waals surface area contributed by atoms with Crippen molar-refractivity contribution >= 4 is 11.8 Å². The van der Waals surface area contributed by atoms with Gasteiger partial charge in [-0.05, 0) is 61.6 Å². The first-order valence-electron chi connectivity index (χ1n) is 13.1. The van der Waals surface area contributed by atoms with E-state index in [9.17, 15) is 9.59 Å². The number of Topliss-reactive ketones (excluding diaryl/α,β-unsaturated/α-hetero) is 1. The van der Waals surface area contributed by atoms with Crippen LogP contribution in [0.1, 0.15) is 49.7 Å². The zero-order valence-electron chi connectivity index (χ0n) is 22.6. The van der Waals surface area contributed by atoms with Crippen molar-refractivity contribution in [3.05, 3.63) is 70.1 Å². The summed E-state index contributed by atoms with van der Waals surface area (Å²) in [6, 6.07) is 11.3. The van der Waals surface area contributed by atoms with Crippen LogP contribution in [-0.4, -0.2) is 52.6 Å². The minimum absolute atomic E-state index is 0.0287. The predicted octanol–water partition coefficient (Wildman–Crippen LogP) is 4.37. The number of ketones is 1. The fraction of sp³-hybridized carbons (Fsp3) is 0.400. The molecule has 0 spiro atoms. The van der Waals surface area contributed by atoms with Crippen molar-refractivity contribution in [2.24, 2.45) is 0 Å². The van der Waals surface area contributed by atoms with Crippen molar-refractivity contribution in [2.45, 2.75) is 38.5 Å². The molecule has 3 aliphatic rings. The van der Waals surface area contributed by atoms with Gasteiger partial charge in [-0.25, -0.2) is 4.79 Å². The monoisotopic (exact) mass is 535 g/mol. The predicted molar refractivity (Wildman–Crippen MR) is 142 cm³/mol. The molecule has 2 aromatic rings. The summed E-state index contributed by atoms with van der Waals surface area (Å²) < 4.78 is 32.9. The molecule has 2 aliphatic heterocycles. The SMILES string of the molecule is CCOc1ccc([C@@H]2CC(=O)C3=C(C2)NC(C)=C(C(=O)OCCOC)[C@H]3c2ccc3c(c2)OCO3)cc1OC. The number of methoxy groups -OCH3 is 2. The van der Waals surface area contributed by atoms with Gasteiger partial charge in [0, 0.05) is 36.4 Å². The van der Waals surface area contributed by atoms with Crippen LogP contribution in [0.3, 0.4) is 0 Å². The second-order valence-corrected chi connectivity index (χ2v) is 9.60. The Bertz CT molecular complexity index is 1340. The molecular weight excluding hydrogens is 502 g/mol. The van der Waals surface area contributed by atoms with Crippen LogP contribution in [0.5, 0.6) is 23.0 Å². The first-order chi connectivity index (χ1) is 18.9. The molecule has 1 aliphatic carbocycles. The number of rotatable bonds is 9. The Morgan fingerprint density at radius 2 is 1.79 bits per heavy atom. The fourth-order valence-corrected chi connectivity index (χ4v) is 5.48. The van der Waals surface area contributed by atoms with E-state index in [1.54, 1.807) is 14.2 Å². The molecule has 0 aromatic heterocycles. The summed E-state index contributed by atoms with van der Waals surface area (Å²) in [5.41, 5.74) is 4.18. The highest BCUT2D eigenvalue weighted by Crippen LogP contribution is 2.48. The Kier molecular flexibility index (Phi) is 7.79. The molecular formula is C30H33NO8. The van der Waals surface area contributed by atoms with E-state index in [1.807, 2.05) is 50.2 Å². The molecule has 39 heavy (non-hydrogen) atoms. The minimum Gasteiger partial charge on any atom is -0.493 e. The van der Waals surface area contributed by atoms with Crippen LogP contribution < -0.4 is 24.3 Å². The van der Waals surface area contributed by atoms with Gasteiger partial charge in [0.25, 0.3) is 0 Å². The topological polar surface area (TPSA) is 102 Å². The van der Waals surface area contributed by atoms with Gasteiger partial charge in [-0.1, -0.05) is 12.1 Å². The molecule has 0 radical (unpaired) electrons. The van der Waals surface area contributed by atoms with Gasteiger partial charge in [-0.2, -0.15) is 0 Å². The molecule has 2 atom stereocenters. The number of hydrogen-bond donors (Lipinski definition) is 1. The molecule has 1 N–H and O–H groups in total. The van der Waals surface area contributed by atoms with Crippen molar-refractivity contribution < 1.29 is 38.0 Å². The molecule has 0 unspecified atom stereocenters. The Labute approximate surface area is 227 Å². The quantitative estimate of drug-likeness (QED) is 0.370. The highest BCUT2D eigenvalue weighted by molar-refractivity contribution is 6.04. The van der Waals surface area contributed by atoms with E-state index in [0.29, 0.717) is 59.3 Å². The van der Waals surface area contributed by atoms with Crippen molar-refractivity contribution in [3.63, 3.8) is 0 Å². The lowest BCUT2D eigenvalue weighted by molar-refractivity contribution is -0.140. The molecule has 0 saturated heterocycles. The number of carbonyl (C=O) groups is 2. The standard InChI is InChI=1S/C30H33NO8/c1-5-36-23-8-6-18(14-25(23)35-4)20-12-21-29(22(32)13-20)28(19-7-9-24-26(15-19)39-16-38-24)27(17(2)31-21)30(33)37-11-10-34-3/h6-9,14-15,20,28,31H,5,10-13,16H2,1-4H3/t20-,28+/m0/s1. The summed E-state index contributed by atoms with van der Waals surface area (Å²) in [5.74, 6) is 1.33. The molecule has 0 saturated carbocycles. The highest BCUT2D eigenvalue weighted by atomic mass is 16.7. The number of fused-ring (bicyclic) bond motifs is 1. The van der Waals surface area contributed by atoms with E-state index in [4.69, 9.17) is 28.4 Å². The van der Waals surface area contributed by atoms with Gasteiger partial charge in [0.1, 0.15) is 6.61 Å². The van der Waals surface area contributed by atoms with Gasteiger partial charge in [-0.15, -0.1) is 0 Å².